The van der Waals surface area contributed by atoms with E-state index in [4.69, 9.17) is 5.73 Å². The van der Waals surface area contributed by atoms with Gasteiger partial charge in [0.05, 0.1) is 12.3 Å². The molecule has 0 radical (unpaired) electrons. The summed E-state index contributed by atoms with van der Waals surface area (Å²) < 4.78 is 24.1. The van der Waals surface area contributed by atoms with E-state index >= 15 is 0 Å². The van der Waals surface area contributed by atoms with Crippen LogP contribution >= 0.6 is 0 Å². The van der Waals surface area contributed by atoms with Crippen LogP contribution in [0.4, 0.5) is 0 Å². The zero-order chi connectivity index (χ0) is 14.1. The van der Waals surface area contributed by atoms with E-state index in [0.29, 0.717) is 26.2 Å². The van der Waals surface area contributed by atoms with Crippen LogP contribution in [0.3, 0.4) is 0 Å². The van der Waals surface area contributed by atoms with Gasteiger partial charge in [-0.3, -0.25) is 4.79 Å². The molecule has 1 fully saturated rings. The number of nitrogens with zero attached hydrogens (tertiary/aromatic N) is 2. The molecule has 106 valence electrons. The summed E-state index contributed by atoms with van der Waals surface area (Å²) in [5.74, 6) is -0.101. The van der Waals surface area contributed by atoms with Gasteiger partial charge in [0, 0.05) is 26.2 Å². The first kappa shape index (κ1) is 15.4. The van der Waals surface area contributed by atoms with E-state index in [9.17, 15) is 13.2 Å². The molecule has 1 amide bonds. The van der Waals surface area contributed by atoms with Gasteiger partial charge in [-0.05, 0) is 5.41 Å². The Balaban J connectivity index is 2.61. The van der Waals surface area contributed by atoms with Gasteiger partial charge in [0.2, 0.25) is 15.9 Å². The van der Waals surface area contributed by atoms with E-state index in [1.807, 2.05) is 20.8 Å². The number of carbonyl (C=O) groups excluding carboxylic acids is 1. The molecule has 1 rings (SSSR count). The molecule has 1 aliphatic rings. The number of hydrogen-bond donors (Lipinski definition) is 1. The number of amides is 1. The molecule has 0 aromatic heterocycles. The predicted molar refractivity (Wildman–Crippen MR) is 70.4 cm³/mol. The summed E-state index contributed by atoms with van der Waals surface area (Å²) in [4.78, 5) is 13.8. The Morgan fingerprint density at radius 1 is 1.17 bits per heavy atom. The van der Waals surface area contributed by atoms with Crippen LogP contribution in [0.15, 0.2) is 0 Å². The highest BCUT2D eigenvalue weighted by atomic mass is 32.2. The van der Waals surface area contributed by atoms with Crippen LogP contribution < -0.4 is 5.73 Å². The van der Waals surface area contributed by atoms with E-state index < -0.39 is 16.1 Å². The van der Waals surface area contributed by atoms with Crippen molar-refractivity contribution in [1.29, 1.82) is 0 Å². The largest absolute Gasteiger partial charge is 0.339 e. The fourth-order valence-corrected chi connectivity index (χ4v) is 2.63. The summed E-state index contributed by atoms with van der Waals surface area (Å²) in [6.45, 7) is 7.28. The van der Waals surface area contributed by atoms with Crippen molar-refractivity contribution in [2.75, 3.05) is 32.4 Å². The number of nitrogens with two attached hydrogens (primary N) is 1. The van der Waals surface area contributed by atoms with Crippen LogP contribution in [-0.2, 0) is 14.8 Å². The molecule has 6 nitrogen and oxygen atoms in total. The van der Waals surface area contributed by atoms with Crippen LogP contribution in [0, 0.1) is 5.41 Å². The molecule has 0 spiro atoms. The van der Waals surface area contributed by atoms with Crippen molar-refractivity contribution in [3.63, 3.8) is 0 Å². The molecule has 1 saturated heterocycles. The molecule has 1 atom stereocenters. The van der Waals surface area contributed by atoms with Crippen LogP contribution in [0.2, 0.25) is 0 Å². The average Bonchev–Trinajstić information content (AvgIpc) is 2.25. The SMILES string of the molecule is CC(C)(C)C(N)C(=O)N1CCN(S(C)(=O)=O)CC1. The molecule has 0 aromatic carbocycles. The maximum atomic E-state index is 12.1. The Morgan fingerprint density at radius 3 is 1.94 bits per heavy atom. The average molecular weight is 277 g/mol. The normalized spacial score (nSPS) is 20.8. The molecule has 1 heterocycles. The van der Waals surface area contributed by atoms with Crippen LogP contribution in [0.5, 0.6) is 0 Å². The standard InChI is InChI=1S/C11H23N3O3S/c1-11(2,3)9(12)10(15)13-5-7-14(8-6-13)18(4,16)17/h9H,5-8,12H2,1-4H3. The molecule has 7 heteroatoms. The lowest BCUT2D eigenvalue weighted by Gasteiger charge is -2.37. The van der Waals surface area contributed by atoms with Crippen LogP contribution in [0.1, 0.15) is 20.8 Å². The third-order valence-electron chi connectivity index (χ3n) is 3.22. The van der Waals surface area contributed by atoms with E-state index in [1.54, 1.807) is 4.90 Å². The zero-order valence-corrected chi connectivity index (χ0v) is 12.3. The summed E-state index contributed by atoms with van der Waals surface area (Å²) in [6, 6.07) is -0.553. The minimum Gasteiger partial charge on any atom is -0.339 e. The van der Waals surface area contributed by atoms with E-state index in [-0.39, 0.29) is 11.3 Å². The smallest absolute Gasteiger partial charge is 0.240 e. The molecule has 0 aromatic rings. The van der Waals surface area contributed by atoms with Gasteiger partial charge >= 0.3 is 0 Å². The summed E-state index contributed by atoms with van der Waals surface area (Å²) >= 11 is 0. The molecule has 0 bridgehead atoms. The fraction of sp³-hybridized carbons (Fsp3) is 0.909. The van der Waals surface area contributed by atoms with Crippen LogP contribution in [-0.4, -0.2) is 62.0 Å². The lowest BCUT2D eigenvalue weighted by Crippen LogP contribution is -2.56. The summed E-state index contributed by atoms with van der Waals surface area (Å²) in [6.07, 6.45) is 1.19. The molecular weight excluding hydrogens is 254 g/mol. The van der Waals surface area contributed by atoms with Gasteiger partial charge in [-0.15, -0.1) is 0 Å². The first-order valence-corrected chi connectivity index (χ1v) is 7.88. The Kier molecular flexibility index (Phi) is 4.40. The molecule has 0 saturated carbocycles. The van der Waals surface area contributed by atoms with Crippen molar-refractivity contribution in [2.45, 2.75) is 26.8 Å². The fourth-order valence-electron chi connectivity index (χ4n) is 1.81. The topological polar surface area (TPSA) is 83.7 Å². The number of hydrogen-bond acceptors (Lipinski definition) is 4. The molecular formula is C11H23N3O3S. The monoisotopic (exact) mass is 277 g/mol. The van der Waals surface area contributed by atoms with Crippen molar-refractivity contribution in [3.8, 4) is 0 Å². The Morgan fingerprint density at radius 2 is 1.61 bits per heavy atom. The van der Waals surface area contributed by atoms with Gasteiger partial charge in [0.15, 0.2) is 0 Å². The maximum absolute atomic E-state index is 12.1. The van der Waals surface area contributed by atoms with Crippen molar-refractivity contribution >= 4 is 15.9 Å². The van der Waals surface area contributed by atoms with E-state index in [1.165, 1.54) is 10.6 Å². The Labute approximate surface area is 109 Å². The number of piperazine rings is 1. The highest BCUT2D eigenvalue weighted by molar-refractivity contribution is 7.88. The van der Waals surface area contributed by atoms with Crippen molar-refractivity contribution < 1.29 is 13.2 Å². The van der Waals surface area contributed by atoms with Gasteiger partial charge < -0.3 is 10.6 Å². The lowest BCUT2D eigenvalue weighted by atomic mass is 9.86. The molecule has 2 N–H and O–H groups in total. The number of sulfonamides is 1. The van der Waals surface area contributed by atoms with Crippen molar-refractivity contribution in [3.05, 3.63) is 0 Å². The lowest BCUT2D eigenvalue weighted by molar-refractivity contribution is -0.136. The highest BCUT2D eigenvalue weighted by Gasteiger charge is 2.33. The number of rotatable bonds is 2. The molecule has 1 aliphatic heterocycles. The van der Waals surface area contributed by atoms with Gasteiger partial charge in [0.25, 0.3) is 0 Å². The first-order chi connectivity index (χ1) is 8.03. The minimum absolute atomic E-state index is 0.101. The predicted octanol–water partition coefficient (Wildman–Crippen LogP) is -0.536. The Bertz CT molecular complexity index is 406. The maximum Gasteiger partial charge on any atom is 0.240 e. The second-order valence-corrected chi connectivity index (χ2v) is 7.81. The quantitative estimate of drug-likeness (QED) is 0.735. The second kappa shape index (κ2) is 5.14. The van der Waals surface area contributed by atoms with Gasteiger partial charge in [-0.25, -0.2) is 8.42 Å². The molecule has 0 aliphatic carbocycles. The summed E-state index contributed by atoms with van der Waals surface area (Å²) in [7, 11) is -3.16. The summed E-state index contributed by atoms with van der Waals surface area (Å²) in [5.41, 5.74) is 5.64. The van der Waals surface area contributed by atoms with Crippen LogP contribution in [0.25, 0.3) is 0 Å². The third kappa shape index (κ3) is 3.66. The Hall–Kier alpha value is -0.660. The zero-order valence-electron chi connectivity index (χ0n) is 11.5. The minimum atomic E-state index is -3.16. The van der Waals surface area contributed by atoms with Crippen molar-refractivity contribution in [2.24, 2.45) is 11.1 Å². The van der Waals surface area contributed by atoms with Gasteiger partial charge in [-0.2, -0.15) is 4.31 Å². The second-order valence-electron chi connectivity index (χ2n) is 5.83. The number of carbonyl (C=O) groups is 1. The van der Waals surface area contributed by atoms with E-state index in [0.717, 1.165) is 0 Å². The third-order valence-corrected chi connectivity index (χ3v) is 4.52. The van der Waals surface area contributed by atoms with Gasteiger partial charge in [-0.1, -0.05) is 20.8 Å². The van der Waals surface area contributed by atoms with Crippen molar-refractivity contribution in [1.82, 2.24) is 9.21 Å². The molecule has 18 heavy (non-hydrogen) atoms. The van der Waals surface area contributed by atoms with E-state index in [2.05, 4.69) is 0 Å². The first-order valence-electron chi connectivity index (χ1n) is 6.03. The summed E-state index contributed by atoms with van der Waals surface area (Å²) in [5, 5.41) is 0. The molecule has 1 unspecified atom stereocenters. The van der Waals surface area contributed by atoms with Gasteiger partial charge in [0.1, 0.15) is 0 Å². The highest BCUT2D eigenvalue weighted by Crippen LogP contribution is 2.20.